The summed E-state index contributed by atoms with van der Waals surface area (Å²) in [6.07, 6.45) is 2.18. The molecule has 3 N–H and O–H groups in total. The van der Waals surface area contributed by atoms with Gasteiger partial charge in [0.1, 0.15) is 0 Å². The van der Waals surface area contributed by atoms with Crippen molar-refractivity contribution in [2.75, 3.05) is 13.1 Å². The summed E-state index contributed by atoms with van der Waals surface area (Å²) in [6.45, 7) is 3.14. The van der Waals surface area contributed by atoms with Crippen molar-refractivity contribution in [3.05, 3.63) is 35.4 Å². The van der Waals surface area contributed by atoms with Crippen LogP contribution in [0.1, 0.15) is 29.3 Å². The molecule has 1 rings (SSSR count). The minimum Gasteiger partial charge on any atom is -0.351 e. The molecule has 3 heteroatoms. The van der Waals surface area contributed by atoms with E-state index in [1.54, 1.807) is 0 Å². The lowest BCUT2D eigenvalue weighted by molar-refractivity contribution is 0.0955. The fourth-order valence-corrected chi connectivity index (χ4v) is 1.40. The van der Waals surface area contributed by atoms with E-state index in [0.717, 1.165) is 12.8 Å². The summed E-state index contributed by atoms with van der Waals surface area (Å²) in [7, 11) is 0. The number of hydrogen-bond donors (Lipinski definition) is 2. The third kappa shape index (κ3) is 3.72. The summed E-state index contributed by atoms with van der Waals surface area (Å²) in [4.78, 5) is 11.5. The average Bonchev–Trinajstić information content (AvgIpc) is 2.27. The zero-order chi connectivity index (χ0) is 11.1. The Morgan fingerprint density at radius 3 is 2.53 bits per heavy atom. The SMILES string of the molecule is CCCc1ccc(C(=O)NCCN)cc1. The molecule has 0 saturated carbocycles. The Kier molecular flexibility index (Phi) is 4.84. The molecule has 1 amide bonds. The summed E-state index contributed by atoms with van der Waals surface area (Å²) in [5, 5.41) is 2.74. The highest BCUT2D eigenvalue weighted by Gasteiger charge is 2.03. The van der Waals surface area contributed by atoms with Crippen molar-refractivity contribution in [2.45, 2.75) is 19.8 Å². The monoisotopic (exact) mass is 206 g/mol. The van der Waals surface area contributed by atoms with Gasteiger partial charge < -0.3 is 11.1 Å². The lowest BCUT2D eigenvalue weighted by Crippen LogP contribution is -2.28. The molecule has 0 aliphatic carbocycles. The first kappa shape index (κ1) is 11.7. The van der Waals surface area contributed by atoms with Gasteiger partial charge in [0.05, 0.1) is 0 Å². The van der Waals surface area contributed by atoms with E-state index in [-0.39, 0.29) is 5.91 Å². The fraction of sp³-hybridized carbons (Fsp3) is 0.417. The molecule has 0 aliphatic heterocycles. The van der Waals surface area contributed by atoms with E-state index in [1.165, 1.54) is 5.56 Å². The zero-order valence-corrected chi connectivity index (χ0v) is 9.12. The zero-order valence-electron chi connectivity index (χ0n) is 9.12. The number of rotatable bonds is 5. The Labute approximate surface area is 90.7 Å². The lowest BCUT2D eigenvalue weighted by Gasteiger charge is -2.04. The molecule has 0 aromatic heterocycles. The minimum absolute atomic E-state index is 0.0523. The number of nitrogens with two attached hydrogens (primary N) is 1. The van der Waals surface area contributed by atoms with E-state index >= 15 is 0 Å². The third-order valence-electron chi connectivity index (χ3n) is 2.18. The molecule has 0 radical (unpaired) electrons. The van der Waals surface area contributed by atoms with Crippen LogP contribution in [-0.4, -0.2) is 19.0 Å². The van der Waals surface area contributed by atoms with E-state index in [9.17, 15) is 4.79 Å². The predicted molar refractivity (Wildman–Crippen MR) is 61.8 cm³/mol. The standard InChI is InChI=1S/C12H18N2O/c1-2-3-10-4-6-11(7-5-10)12(15)14-9-8-13/h4-7H,2-3,8-9,13H2,1H3,(H,14,15). The van der Waals surface area contributed by atoms with Gasteiger partial charge in [0, 0.05) is 18.7 Å². The van der Waals surface area contributed by atoms with Gasteiger partial charge in [-0.05, 0) is 24.1 Å². The fourth-order valence-electron chi connectivity index (χ4n) is 1.40. The van der Waals surface area contributed by atoms with Crippen molar-refractivity contribution < 1.29 is 4.79 Å². The summed E-state index contributed by atoms with van der Waals surface area (Å²) in [6, 6.07) is 7.72. The second-order valence-electron chi connectivity index (χ2n) is 3.49. The number of carbonyl (C=O) groups excluding carboxylic acids is 1. The van der Waals surface area contributed by atoms with Crippen LogP contribution in [0.25, 0.3) is 0 Å². The second-order valence-corrected chi connectivity index (χ2v) is 3.49. The molecule has 1 aromatic carbocycles. The highest BCUT2D eigenvalue weighted by Crippen LogP contribution is 2.06. The van der Waals surface area contributed by atoms with E-state index < -0.39 is 0 Å². The lowest BCUT2D eigenvalue weighted by atomic mass is 10.1. The first-order valence-electron chi connectivity index (χ1n) is 5.35. The highest BCUT2D eigenvalue weighted by atomic mass is 16.1. The van der Waals surface area contributed by atoms with Crippen molar-refractivity contribution in [1.82, 2.24) is 5.32 Å². The molecular formula is C12H18N2O. The first-order valence-corrected chi connectivity index (χ1v) is 5.35. The Hall–Kier alpha value is -1.35. The van der Waals surface area contributed by atoms with Gasteiger partial charge >= 0.3 is 0 Å². The van der Waals surface area contributed by atoms with Crippen LogP contribution < -0.4 is 11.1 Å². The van der Waals surface area contributed by atoms with Crippen molar-refractivity contribution in [1.29, 1.82) is 0 Å². The van der Waals surface area contributed by atoms with E-state index in [2.05, 4.69) is 12.2 Å². The van der Waals surface area contributed by atoms with Crippen LogP contribution in [0.5, 0.6) is 0 Å². The summed E-state index contributed by atoms with van der Waals surface area (Å²) >= 11 is 0. The molecular weight excluding hydrogens is 188 g/mol. The number of benzene rings is 1. The van der Waals surface area contributed by atoms with Crippen molar-refractivity contribution in [3.8, 4) is 0 Å². The summed E-state index contributed by atoms with van der Waals surface area (Å²) < 4.78 is 0. The quantitative estimate of drug-likeness (QED) is 0.763. The summed E-state index contributed by atoms with van der Waals surface area (Å²) in [5.74, 6) is -0.0523. The van der Waals surface area contributed by atoms with Crippen LogP contribution in [0.2, 0.25) is 0 Å². The van der Waals surface area contributed by atoms with Gasteiger partial charge in [0.15, 0.2) is 0 Å². The second kappa shape index (κ2) is 6.19. The molecule has 0 aliphatic rings. The molecule has 0 atom stereocenters. The number of nitrogens with one attached hydrogen (secondary N) is 1. The Bertz CT molecular complexity index is 306. The van der Waals surface area contributed by atoms with Gasteiger partial charge in [-0.25, -0.2) is 0 Å². The Balaban J connectivity index is 2.58. The maximum Gasteiger partial charge on any atom is 0.251 e. The largest absolute Gasteiger partial charge is 0.351 e. The van der Waals surface area contributed by atoms with Crippen LogP contribution in [0, 0.1) is 0 Å². The van der Waals surface area contributed by atoms with Crippen LogP contribution in [0.15, 0.2) is 24.3 Å². The van der Waals surface area contributed by atoms with Crippen LogP contribution in [0.4, 0.5) is 0 Å². The minimum atomic E-state index is -0.0523. The van der Waals surface area contributed by atoms with Gasteiger partial charge in [-0.1, -0.05) is 25.5 Å². The van der Waals surface area contributed by atoms with Gasteiger partial charge in [-0.15, -0.1) is 0 Å². The van der Waals surface area contributed by atoms with E-state index in [0.29, 0.717) is 18.7 Å². The van der Waals surface area contributed by atoms with Crippen LogP contribution >= 0.6 is 0 Å². The molecule has 0 saturated heterocycles. The first-order chi connectivity index (χ1) is 7.27. The molecule has 0 bridgehead atoms. The Morgan fingerprint density at radius 1 is 1.33 bits per heavy atom. The maximum atomic E-state index is 11.5. The third-order valence-corrected chi connectivity index (χ3v) is 2.18. The van der Waals surface area contributed by atoms with Gasteiger partial charge in [0.25, 0.3) is 5.91 Å². The van der Waals surface area contributed by atoms with E-state index in [1.807, 2.05) is 24.3 Å². The Morgan fingerprint density at radius 2 is 2.00 bits per heavy atom. The number of hydrogen-bond acceptors (Lipinski definition) is 2. The molecule has 15 heavy (non-hydrogen) atoms. The predicted octanol–water partition coefficient (Wildman–Crippen LogP) is 1.33. The van der Waals surface area contributed by atoms with Gasteiger partial charge in [0.2, 0.25) is 0 Å². The van der Waals surface area contributed by atoms with Crippen molar-refractivity contribution >= 4 is 5.91 Å². The highest BCUT2D eigenvalue weighted by molar-refractivity contribution is 5.94. The number of carbonyl (C=O) groups is 1. The summed E-state index contributed by atoms with van der Waals surface area (Å²) in [5.41, 5.74) is 7.27. The van der Waals surface area contributed by atoms with Crippen LogP contribution in [-0.2, 0) is 6.42 Å². The van der Waals surface area contributed by atoms with Gasteiger partial charge in [-0.2, -0.15) is 0 Å². The van der Waals surface area contributed by atoms with E-state index in [4.69, 9.17) is 5.73 Å². The smallest absolute Gasteiger partial charge is 0.251 e. The number of amides is 1. The molecule has 1 aromatic rings. The van der Waals surface area contributed by atoms with Gasteiger partial charge in [-0.3, -0.25) is 4.79 Å². The molecule has 0 heterocycles. The molecule has 0 spiro atoms. The average molecular weight is 206 g/mol. The van der Waals surface area contributed by atoms with Crippen molar-refractivity contribution in [3.63, 3.8) is 0 Å². The molecule has 0 fully saturated rings. The normalized spacial score (nSPS) is 10.0. The molecule has 3 nitrogen and oxygen atoms in total. The maximum absolute atomic E-state index is 11.5. The van der Waals surface area contributed by atoms with Crippen molar-refractivity contribution in [2.24, 2.45) is 5.73 Å². The number of aryl methyl sites for hydroxylation is 1. The molecule has 82 valence electrons. The molecule has 0 unspecified atom stereocenters. The van der Waals surface area contributed by atoms with Crippen LogP contribution in [0.3, 0.4) is 0 Å². The topological polar surface area (TPSA) is 55.1 Å².